The Morgan fingerprint density at radius 1 is 1.44 bits per heavy atom. The highest BCUT2D eigenvalue weighted by Gasteiger charge is 2.29. The van der Waals surface area contributed by atoms with Gasteiger partial charge >= 0.3 is 0 Å². The van der Waals surface area contributed by atoms with Crippen molar-refractivity contribution < 1.29 is 0 Å². The fraction of sp³-hybridized carbons (Fsp3) is 0.789. The number of likely N-dealkylation sites (tertiary alicyclic amines) is 1. The molecule has 2 N–H and O–H groups in total. The lowest BCUT2D eigenvalue weighted by Crippen LogP contribution is -2.51. The lowest BCUT2D eigenvalue weighted by Gasteiger charge is -2.42. The molecular weight excluding hydrogens is 330 g/mol. The van der Waals surface area contributed by atoms with Crippen LogP contribution in [0.25, 0.3) is 0 Å². The lowest BCUT2D eigenvalue weighted by atomic mass is 9.94. The Morgan fingerprint density at radius 3 is 2.88 bits per heavy atom. The number of piperidine rings is 1. The standard InChI is InChI=1S/C19H35N5S/c1-6-20-18(21-10-9-17-22-12-16(3)25-17)23-14-19(4,5)24-11-7-8-15(2)13-24/h12,15H,6-11,13-14H2,1-5H3,(H2,20,21,23). The van der Waals surface area contributed by atoms with Crippen LogP contribution in [-0.2, 0) is 6.42 Å². The summed E-state index contributed by atoms with van der Waals surface area (Å²) in [6, 6.07) is 0. The smallest absolute Gasteiger partial charge is 0.191 e. The number of hydrogen-bond acceptors (Lipinski definition) is 4. The molecule has 0 bridgehead atoms. The Labute approximate surface area is 157 Å². The van der Waals surface area contributed by atoms with Gasteiger partial charge in [-0.25, -0.2) is 4.98 Å². The van der Waals surface area contributed by atoms with Gasteiger partial charge in [-0.15, -0.1) is 11.3 Å². The number of hydrogen-bond donors (Lipinski definition) is 2. The van der Waals surface area contributed by atoms with Gasteiger partial charge in [0.1, 0.15) is 0 Å². The monoisotopic (exact) mass is 365 g/mol. The zero-order chi connectivity index (χ0) is 18.3. The molecule has 1 unspecified atom stereocenters. The second-order valence-electron chi connectivity index (χ2n) is 7.74. The largest absolute Gasteiger partial charge is 0.357 e. The van der Waals surface area contributed by atoms with E-state index in [-0.39, 0.29) is 5.54 Å². The number of aromatic nitrogens is 1. The van der Waals surface area contributed by atoms with E-state index >= 15 is 0 Å². The van der Waals surface area contributed by atoms with Gasteiger partial charge in [-0.2, -0.15) is 0 Å². The van der Waals surface area contributed by atoms with Gasteiger partial charge in [0.25, 0.3) is 0 Å². The predicted octanol–water partition coefficient (Wildman–Crippen LogP) is 3.06. The van der Waals surface area contributed by atoms with Crippen LogP contribution in [-0.4, -0.2) is 54.1 Å². The second-order valence-corrected chi connectivity index (χ2v) is 9.06. The Hall–Kier alpha value is -1.14. The molecule has 0 amide bonds. The fourth-order valence-corrected chi connectivity index (χ4v) is 4.04. The van der Waals surface area contributed by atoms with Crippen molar-refractivity contribution in [2.45, 2.75) is 59.4 Å². The summed E-state index contributed by atoms with van der Waals surface area (Å²) in [5.41, 5.74) is 0.101. The average Bonchev–Trinajstić information content (AvgIpc) is 2.98. The van der Waals surface area contributed by atoms with Crippen molar-refractivity contribution in [2.24, 2.45) is 10.9 Å². The van der Waals surface area contributed by atoms with Crippen LogP contribution in [0.15, 0.2) is 11.2 Å². The number of thiazole rings is 1. The first-order valence-corrected chi connectivity index (χ1v) is 10.4. The van der Waals surface area contributed by atoms with E-state index in [4.69, 9.17) is 4.99 Å². The maximum atomic E-state index is 4.86. The average molecular weight is 366 g/mol. The molecular formula is C19H35N5S. The highest BCUT2D eigenvalue weighted by molar-refractivity contribution is 7.11. The third kappa shape index (κ3) is 6.59. The van der Waals surface area contributed by atoms with E-state index in [1.165, 1.54) is 35.8 Å². The summed E-state index contributed by atoms with van der Waals surface area (Å²) in [6.07, 6.45) is 5.55. The van der Waals surface area contributed by atoms with Crippen LogP contribution in [0, 0.1) is 12.8 Å². The topological polar surface area (TPSA) is 52.6 Å². The van der Waals surface area contributed by atoms with Crippen molar-refractivity contribution in [3.63, 3.8) is 0 Å². The molecule has 142 valence electrons. The molecule has 1 aromatic heterocycles. The van der Waals surface area contributed by atoms with Crippen molar-refractivity contribution in [3.8, 4) is 0 Å². The van der Waals surface area contributed by atoms with E-state index in [0.717, 1.165) is 37.9 Å². The lowest BCUT2D eigenvalue weighted by molar-refractivity contribution is 0.0774. The molecule has 1 atom stereocenters. The van der Waals surface area contributed by atoms with Crippen molar-refractivity contribution in [2.75, 3.05) is 32.7 Å². The number of rotatable bonds is 7. The molecule has 0 aliphatic carbocycles. The maximum absolute atomic E-state index is 4.86. The van der Waals surface area contributed by atoms with Crippen LogP contribution < -0.4 is 10.6 Å². The number of aryl methyl sites for hydroxylation is 1. The minimum Gasteiger partial charge on any atom is -0.357 e. The van der Waals surface area contributed by atoms with Crippen LogP contribution in [0.4, 0.5) is 0 Å². The van der Waals surface area contributed by atoms with Crippen LogP contribution >= 0.6 is 11.3 Å². The summed E-state index contributed by atoms with van der Waals surface area (Å²) in [7, 11) is 0. The Morgan fingerprint density at radius 2 is 2.24 bits per heavy atom. The minimum atomic E-state index is 0.101. The third-order valence-electron chi connectivity index (χ3n) is 4.78. The molecule has 2 heterocycles. The maximum Gasteiger partial charge on any atom is 0.191 e. The molecule has 1 saturated heterocycles. The first-order valence-electron chi connectivity index (χ1n) is 9.59. The van der Waals surface area contributed by atoms with E-state index in [9.17, 15) is 0 Å². The molecule has 25 heavy (non-hydrogen) atoms. The highest BCUT2D eigenvalue weighted by Crippen LogP contribution is 2.24. The van der Waals surface area contributed by atoms with Crippen LogP contribution in [0.5, 0.6) is 0 Å². The first-order chi connectivity index (χ1) is 11.9. The van der Waals surface area contributed by atoms with E-state index < -0.39 is 0 Å². The summed E-state index contributed by atoms with van der Waals surface area (Å²) in [4.78, 5) is 13.2. The van der Waals surface area contributed by atoms with Gasteiger partial charge in [0, 0.05) is 42.7 Å². The molecule has 1 fully saturated rings. The normalized spacial score (nSPS) is 19.9. The van der Waals surface area contributed by atoms with Gasteiger partial charge in [-0.1, -0.05) is 6.92 Å². The Kier molecular flexibility index (Phi) is 7.69. The first kappa shape index (κ1) is 20.2. The summed E-state index contributed by atoms with van der Waals surface area (Å²) in [6.45, 7) is 16.1. The summed E-state index contributed by atoms with van der Waals surface area (Å²) >= 11 is 1.77. The number of guanidine groups is 1. The third-order valence-corrected chi connectivity index (χ3v) is 5.75. The number of aliphatic imine (C=N–C) groups is 1. The van der Waals surface area contributed by atoms with E-state index in [0.29, 0.717) is 0 Å². The SMILES string of the molecule is CCNC(=NCC(C)(C)N1CCCC(C)C1)NCCc1ncc(C)s1. The zero-order valence-corrected chi connectivity index (χ0v) is 17.4. The van der Waals surface area contributed by atoms with Crippen molar-refractivity contribution >= 4 is 17.3 Å². The molecule has 2 rings (SSSR count). The second kappa shape index (κ2) is 9.53. The zero-order valence-electron chi connectivity index (χ0n) is 16.6. The minimum absolute atomic E-state index is 0.101. The molecule has 0 radical (unpaired) electrons. The van der Waals surface area contributed by atoms with Crippen molar-refractivity contribution in [3.05, 3.63) is 16.1 Å². The van der Waals surface area contributed by atoms with Crippen LogP contribution in [0.2, 0.25) is 0 Å². The summed E-state index contributed by atoms with van der Waals surface area (Å²) in [5.74, 6) is 1.71. The van der Waals surface area contributed by atoms with Gasteiger partial charge in [-0.05, 0) is 53.0 Å². The molecule has 6 heteroatoms. The summed E-state index contributed by atoms with van der Waals surface area (Å²) < 4.78 is 0. The van der Waals surface area contributed by atoms with Gasteiger partial charge in [-0.3, -0.25) is 9.89 Å². The molecule has 1 aliphatic heterocycles. The molecule has 1 aromatic rings. The van der Waals surface area contributed by atoms with Crippen LogP contribution in [0.1, 0.15) is 50.4 Å². The highest BCUT2D eigenvalue weighted by atomic mass is 32.1. The molecule has 0 aromatic carbocycles. The number of nitrogens with one attached hydrogen (secondary N) is 2. The van der Waals surface area contributed by atoms with Gasteiger partial charge in [0.2, 0.25) is 0 Å². The van der Waals surface area contributed by atoms with Crippen molar-refractivity contribution in [1.29, 1.82) is 0 Å². The molecule has 1 aliphatic rings. The molecule has 5 nitrogen and oxygen atoms in total. The molecule has 0 saturated carbocycles. The van der Waals surface area contributed by atoms with Gasteiger partial charge < -0.3 is 10.6 Å². The van der Waals surface area contributed by atoms with E-state index in [1.54, 1.807) is 11.3 Å². The van der Waals surface area contributed by atoms with Gasteiger partial charge in [0.05, 0.1) is 11.6 Å². The fourth-order valence-electron chi connectivity index (χ4n) is 3.26. The predicted molar refractivity (Wildman–Crippen MR) is 109 cm³/mol. The van der Waals surface area contributed by atoms with E-state index in [2.05, 4.69) is 55.1 Å². The van der Waals surface area contributed by atoms with Gasteiger partial charge in [0.15, 0.2) is 5.96 Å². The Bertz CT molecular complexity index is 552. The van der Waals surface area contributed by atoms with E-state index in [1.807, 2.05) is 6.20 Å². The quantitative estimate of drug-likeness (QED) is 0.576. The molecule has 0 spiro atoms. The summed E-state index contributed by atoms with van der Waals surface area (Å²) in [5, 5.41) is 8.00. The number of nitrogens with zero attached hydrogens (tertiary/aromatic N) is 3. The van der Waals surface area contributed by atoms with Crippen molar-refractivity contribution in [1.82, 2.24) is 20.5 Å². The van der Waals surface area contributed by atoms with Crippen LogP contribution in [0.3, 0.4) is 0 Å². The Balaban J connectivity index is 1.86.